The number of aromatic amines is 1. The summed E-state index contributed by atoms with van der Waals surface area (Å²) in [7, 11) is 0. The topological polar surface area (TPSA) is 62.6 Å². The van der Waals surface area contributed by atoms with Crippen LogP contribution in [0.5, 0.6) is 0 Å². The second-order valence-electron chi connectivity index (χ2n) is 7.64. The SMILES string of the molecule is CC(C)Cn1ncnc1CN1CCC[C@@H]1c1nc2c([nH]1)CCCC2. The van der Waals surface area contributed by atoms with E-state index < -0.39 is 0 Å². The molecule has 0 aromatic carbocycles. The highest BCUT2D eigenvalue weighted by molar-refractivity contribution is 5.19. The van der Waals surface area contributed by atoms with Crippen molar-refractivity contribution in [2.24, 2.45) is 5.92 Å². The number of likely N-dealkylation sites (tertiary alicyclic amines) is 1. The maximum atomic E-state index is 4.94. The maximum Gasteiger partial charge on any atom is 0.141 e. The first-order valence-electron chi connectivity index (χ1n) is 9.39. The van der Waals surface area contributed by atoms with Crippen molar-refractivity contribution in [2.75, 3.05) is 6.54 Å². The van der Waals surface area contributed by atoms with Crippen molar-refractivity contribution in [3.8, 4) is 0 Å². The third kappa shape index (κ3) is 3.11. The lowest BCUT2D eigenvalue weighted by Gasteiger charge is -2.22. The summed E-state index contributed by atoms with van der Waals surface area (Å²) in [5.74, 6) is 2.83. The smallest absolute Gasteiger partial charge is 0.141 e. The van der Waals surface area contributed by atoms with Crippen LogP contribution in [0.2, 0.25) is 0 Å². The lowest BCUT2D eigenvalue weighted by Crippen LogP contribution is -2.26. The molecule has 0 unspecified atom stereocenters. The zero-order valence-corrected chi connectivity index (χ0v) is 14.8. The lowest BCUT2D eigenvalue weighted by atomic mass is 10.0. The summed E-state index contributed by atoms with van der Waals surface area (Å²) in [4.78, 5) is 15.6. The number of rotatable bonds is 5. The van der Waals surface area contributed by atoms with Gasteiger partial charge in [0.2, 0.25) is 0 Å². The van der Waals surface area contributed by atoms with Gasteiger partial charge in [-0.25, -0.2) is 14.6 Å². The fraction of sp³-hybridized carbons (Fsp3) is 0.722. The molecule has 0 amide bonds. The molecular weight excluding hydrogens is 300 g/mol. The van der Waals surface area contributed by atoms with Crippen molar-refractivity contribution in [1.82, 2.24) is 29.6 Å². The summed E-state index contributed by atoms with van der Waals surface area (Å²) in [5, 5.41) is 4.40. The van der Waals surface area contributed by atoms with Crippen LogP contribution in [0.15, 0.2) is 6.33 Å². The van der Waals surface area contributed by atoms with Gasteiger partial charge in [-0.3, -0.25) is 4.90 Å². The maximum absolute atomic E-state index is 4.94. The number of fused-ring (bicyclic) bond motifs is 1. The van der Waals surface area contributed by atoms with Crippen LogP contribution in [0, 0.1) is 5.92 Å². The Bertz CT molecular complexity index is 662. The molecule has 6 nitrogen and oxygen atoms in total. The molecule has 4 rings (SSSR count). The molecular formula is C18H28N6. The van der Waals surface area contributed by atoms with Crippen LogP contribution in [0.4, 0.5) is 0 Å². The minimum atomic E-state index is 0.403. The minimum Gasteiger partial charge on any atom is -0.344 e. The highest BCUT2D eigenvalue weighted by Crippen LogP contribution is 2.33. The standard InChI is InChI=1S/C18H28N6/c1-13(2)10-24-17(19-12-20-24)11-23-9-5-8-16(23)18-21-14-6-3-4-7-15(14)22-18/h12-13,16H,3-11H2,1-2H3,(H,21,22)/t16-/m1/s1. The first-order chi connectivity index (χ1) is 11.7. The number of aryl methyl sites for hydroxylation is 2. The van der Waals surface area contributed by atoms with E-state index in [1.165, 1.54) is 42.9 Å². The summed E-state index contributed by atoms with van der Waals surface area (Å²) in [6.45, 7) is 7.35. The highest BCUT2D eigenvalue weighted by Gasteiger charge is 2.30. The fourth-order valence-corrected chi connectivity index (χ4v) is 4.05. The number of nitrogens with one attached hydrogen (secondary N) is 1. The van der Waals surface area contributed by atoms with E-state index in [1.54, 1.807) is 6.33 Å². The molecule has 1 aliphatic carbocycles. The van der Waals surface area contributed by atoms with E-state index >= 15 is 0 Å². The highest BCUT2D eigenvalue weighted by atomic mass is 15.4. The van der Waals surface area contributed by atoms with Crippen molar-refractivity contribution in [3.63, 3.8) is 0 Å². The van der Waals surface area contributed by atoms with Gasteiger partial charge in [0, 0.05) is 12.2 Å². The Balaban J connectivity index is 1.51. The van der Waals surface area contributed by atoms with Gasteiger partial charge in [-0.15, -0.1) is 0 Å². The largest absolute Gasteiger partial charge is 0.344 e. The second kappa shape index (κ2) is 6.67. The van der Waals surface area contributed by atoms with Gasteiger partial charge in [-0.1, -0.05) is 13.8 Å². The third-order valence-corrected chi connectivity index (χ3v) is 5.23. The van der Waals surface area contributed by atoms with Gasteiger partial charge in [-0.2, -0.15) is 5.10 Å². The average Bonchev–Trinajstić information content (AvgIpc) is 3.27. The Labute approximate surface area is 143 Å². The van der Waals surface area contributed by atoms with Gasteiger partial charge in [0.1, 0.15) is 18.0 Å². The van der Waals surface area contributed by atoms with Crippen molar-refractivity contribution < 1.29 is 0 Å². The molecule has 0 bridgehead atoms. The third-order valence-electron chi connectivity index (χ3n) is 5.23. The van der Waals surface area contributed by atoms with Gasteiger partial charge in [0.15, 0.2) is 0 Å². The molecule has 1 fully saturated rings. The Morgan fingerprint density at radius 2 is 2.12 bits per heavy atom. The summed E-state index contributed by atoms with van der Waals surface area (Å²) < 4.78 is 2.06. The zero-order valence-electron chi connectivity index (χ0n) is 14.8. The summed E-state index contributed by atoms with van der Waals surface area (Å²) in [5.41, 5.74) is 2.69. The quantitative estimate of drug-likeness (QED) is 0.917. The Kier molecular flexibility index (Phi) is 4.39. The van der Waals surface area contributed by atoms with E-state index in [0.717, 1.165) is 38.3 Å². The molecule has 1 aliphatic heterocycles. The molecule has 1 saturated heterocycles. The van der Waals surface area contributed by atoms with Crippen molar-refractivity contribution in [2.45, 2.75) is 71.5 Å². The predicted molar refractivity (Wildman–Crippen MR) is 92.5 cm³/mol. The number of hydrogen-bond donors (Lipinski definition) is 1. The number of aromatic nitrogens is 5. The lowest BCUT2D eigenvalue weighted by molar-refractivity contribution is 0.228. The van der Waals surface area contributed by atoms with E-state index in [9.17, 15) is 0 Å². The number of imidazole rings is 1. The van der Waals surface area contributed by atoms with Crippen LogP contribution in [0.1, 0.15) is 68.6 Å². The van der Waals surface area contributed by atoms with Crippen molar-refractivity contribution in [3.05, 3.63) is 29.4 Å². The van der Waals surface area contributed by atoms with Gasteiger partial charge in [-0.05, 0) is 51.0 Å². The van der Waals surface area contributed by atoms with Crippen molar-refractivity contribution >= 4 is 0 Å². The molecule has 2 aromatic rings. The minimum absolute atomic E-state index is 0.403. The monoisotopic (exact) mass is 328 g/mol. The van der Waals surface area contributed by atoms with Gasteiger partial charge in [0.05, 0.1) is 18.3 Å². The molecule has 2 aliphatic rings. The van der Waals surface area contributed by atoms with E-state index in [4.69, 9.17) is 4.98 Å². The van der Waals surface area contributed by atoms with Gasteiger partial charge >= 0.3 is 0 Å². The van der Waals surface area contributed by atoms with E-state index in [0.29, 0.717) is 12.0 Å². The summed E-state index contributed by atoms with van der Waals surface area (Å²) in [6.07, 6.45) is 8.98. The molecule has 0 radical (unpaired) electrons. The Morgan fingerprint density at radius 1 is 1.25 bits per heavy atom. The van der Waals surface area contributed by atoms with Gasteiger partial charge in [0.25, 0.3) is 0 Å². The van der Waals surface area contributed by atoms with Crippen LogP contribution < -0.4 is 0 Å². The van der Waals surface area contributed by atoms with E-state index in [2.05, 4.69) is 38.5 Å². The molecule has 0 spiro atoms. The summed E-state index contributed by atoms with van der Waals surface area (Å²) in [6, 6.07) is 0.403. The van der Waals surface area contributed by atoms with Crippen LogP contribution in [-0.4, -0.2) is 36.2 Å². The molecule has 1 atom stereocenters. The first-order valence-corrected chi connectivity index (χ1v) is 9.39. The second-order valence-corrected chi connectivity index (χ2v) is 7.64. The summed E-state index contributed by atoms with van der Waals surface area (Å²) >= 11 is 0. The first kappa shape index (κ1) is 15.8. The van der Waals surface area contributed by atoms with E-state index in [1.807, 2.05) is 0 Å². The molecule has 2 aromatic heterocycles. The Morgan fingerprint density at radius 3 is 2.96 bits per heavy atom. The Hall–Kier alpha value is -1.69. The van der Waals surface area contributed by atoms with Crippen LogP contribution >= 0.6 is 0 Å². The number of hydrogen-bond acceptors (Lipinski definition) is 4. The van der Waals surface area contributed by atoms with Crippen molar-refractivity contribution in [1.29, 1.82) is 0 Å². The normalized spacial score (nSPS) is 21.5. The predicted octanol–water partition coefficient (Wildman–Crippen LogP) is 2.87. The molecule has 6 heteroatoms. The van der Waals surface area contributed by atoms with Gasteiger partial charge < -0.3 is 4.98 Å². The number of nitrogens with zero attached hydrogens (tertiary/aromatic N) is 5. The number of H-pyrrole nitrogens is 1. The molecule has 0 saturated carbocycles. The molecule has 3 heterocycles. The van der Waals surface area contributed by atoms with Crippen LogP contribution in [0.3, 0.4) is 0 Å². The molecule has 24 heavy (non-hydrogen) atoms. The molecule has 130 valence electrons. The fourth-order valence-electron chi connectivity index (χ4n) is 4.05. The van der Waals surface area contributed by atoms with Crippen LogP contribution in [-0.2, 0) is 25.9 Å². The average molecular weight is 328 g/mol. The van der Waals surface area contributed by atoms with E-state index in [-0.39, 0.29) is 0 Å². The molecule has 1 N–H and O–H groups in total. The van der Waals surface area contributed by atoms with Crippen LogP contribution in [0.25, 0.3) is 0 Å². The zero-order chi connectivity index (χ0) is 16.5.